The van der Waals surface area contributed by atoms with E-state index in [-0.39, 0.29) is 5.91 Å². The maximum atomic E-state index is 12.9. The van der Waals surface area contributed by atoms with E-state index in [2.05, 4.69) is 11.9 Å². The minimum atomic E-state index is -0.610. The zero-order chi connectivity index (χ0) is 17.4. The van der Waals surface area contributed by atoms with Gasteiger partial charge < -0.3 is 15.4 Å². The van der Waals surface area contributed by atoms with Crippen LogP contribution in [0.3, 0.4) is 0 Å². The van der Waals surface area contributed by atoms with E-state index in [0.717, 1.165) is 5.56 Å². The summed E-state index contributed by atoms with van der Waals surface area (Å²) >= 11 is 0. The molecule has 1 fully saturated rings. The van der Waals surface area contributed by atoms with Crippen LogP contribution in [0.25, 0.3) is 0 Å². The number of nitrogens with zero attached hydrogens (tertiary/aromatic N) is 1. The number of carbonyl (C=O) groups excluding carboxylic acids is 2. The molecule has 3 N–H and O–H groups in total. The third kappa shape index (κ3) is 5.18. The SMILES string of the molecule is C=CCC(NC(Cc1ccccc1)C(=O)N1CCOCC1)C(N)=O. The van der Waals surface area contributed by atoms with Crippen molar-refractivity contribution in [2.24, 2.45) is 5.73 Å². The Bertz CT molecular complexity index is 556. The van der Waals surface area contributed by atoms with E-state index in [1.165, 1.54) is 0 Å². The third-order valence-corrected chi connectivity index (χ3v) is 4.05. The summed E-state index contributed by atoms with van der Waals surface area (Å²) in [6.07, 6.45) is 2.51. The van der Waals surface area contributed by atoms with Crippen molar-refractivity contribution in [2.45, 2.75) is 24.9 Å². The van der Waals surface area contributed by atoms with E-state index in [9.17, 15) is 9.59 Å². The topological polar surface area (TPSA) is 84.7 Å². The van der Waals surface area contributed by atoms with Crippen molar-refractivity contribution in [2.75, 3.05) is 26.3 Å². The lowest BCUT2D eigenvalue weighted by Crippen LogP contribution is -2.56. The van der Waals surface area contributed by atoms with Gasteiger partial charge in [-0.05, 0) is 18.4 Å². The molecule has 2 amide bonds. The Morgan fingerprint density at radius 2 is 1.92 bits per heavy atom. The first-order valence-electron chi connectivity index (χ1n) is 8.18. The molecular formula is C18H25N3O3. The van der Waals surface area contributed by atoms with E-state index in [1.807, 2.05) is 30.3 Å². The highest BCUT2D eigenvalue weighted by Crippen LogP contribution is 2.09. The Morgan fingerprint density at radius 3 is 2.50 bits per heavy atom. The molecule has 1 heterocycles. The van der Waals surface area contributed by atoms with Gasteiger partial charge in [-0.3, -0.25) is 14.9 Å². The molecule has 0 saturated carbocycles. The summed E-state index contributed by atoms with van der Waals surface area (Å²) in [6, 6.07) is 8.60. The lowest BCUT2D eigenvalue weighted by atomic mass is 10.0. The van der Waals surface area contributed by atoms with Crippen LogP contribution in [-0.2, 0) is 20.7 Å². The van der Waals surface area contributed by atoms with Gasteiger partial charge in [0.2, 0.25) is 11.8 Å². The summed E-state index contributed by atoms with van der Waals surface area (Å²) in [5.74, 6) is -0.514. The Kier molecular flexibility index (Phi) is 6.96. The standard InChI is InChI=1S/C18H25N3O3/c1-2-6-15(17(19)22)20-16(13-14-7-4-3-5-8-14)18(23)21-9-11-24-12-10-21/h2-5,7-8,15-16,20H,1,6,9-13H2,(H2,19,22). The quantitative estimate of drug-likeness (QED) is 0.679. The second-order valence-corrected chi connectivity index (χ2v) is 5.83. The molecule has 0 aromatic heterocycles. The lowest BCUT2D eigenvalue weighted by Gasteiger charge is -2.32. The fraction of sp³-hybridized carbons (Fsp3) is 0.444. The van der Waals surface area contributed by atoms with E-state index >= 15 is 0 Å². The molecule has 130 valence electrons. The van der Waals surface area contributed by atoms with Gasteiger partial charge in [-0.1, -0.05) is 36.4 Å². The first kappa shape index (κ1) is 18.2. The molecule has 1 aromatic rings. The first-order valence-corrected chi connectivity index (χ1v) is 8.18. The van der Waals surface area contributed by atoms with E-state index < -0.39 is 18.0 Å². The zero-order valence-corrected chi connectivity index (χ0v) is 13.8. The van der Waals surface area contributed by atoms with Crippen LogP contribution in [0, 0.1) is 0 Å². The van der Waals surface area contributed by atoms with Crippen molar-refractivity contribution in [3.8, 4) is 0 Å². The number of amides is 2. The molecule has 1 aliphatic heterocycles. The molecule has 6 nitrogen and oxygen atoms in total. The molecule has 0 bridgehead atoms. The van der Waals surface area contributed by atoms with Gasteiger partial charge in [0, 0.05) is 13.1 Å². The Hall–Kier alpha value is -2.18. The summed E-state index contributed by atoms with van der Waals surface area (Å²) in [5.41, 5.74) is 6.48. The van der Waals surface area contributed by atoms with Crippen LogP contribution in [0.2, 0.25) is 0 Å². The third-order valence-electron chi connectivity index (χ3n) is 4.05. The van der Waals surface area contributed by atoms with E-state index in [4.69, 9.17) is 10.5 Å². The molecule has 0 radical (unpaired) electrons. The van der Waals surface area contributed by atoms with E-state index in [0.29, 0.717) is 39.1 Å². The second-order valence-electron chi connectivity index (χ2n) is 5.83. The van der Waals surface area contributed by atoms with Crippen molar-refractivity contribution in [3.63, 3.8) is 0 Å². The Labute approximate surface area is 142 Å². The van der Waals surface area contributed by atoms with Crippen molar-refractivity contribution < 1.29 is 14.3 Å². The smallest absolute Gasteiger partial charge is 0.240 e. The number of ether oxygens (including phenoxy) is 1. The van der Waals surface area contributed by atoms with Gasteiger partial charge in [0.1, 0.15) is 0 Å². The molecule has 1 aromatic carbocycles. The van der Waals surface area contributed by atoms with Crippen LogP contribution in [0.5, 0.6) is 0 Å². The van der Waals surface area contributed by atoms with Crippen molar-refractivity contribution in [1.82, 2.24) is 10.2 Å². The summed E-state index contributed by atoms with van der Waals surface area (Å²) in [5, 5.41) is 3.12. The average Bonchev–Trinajstić information content (AvgIpc) is 2.61. The predicted molar refractivity (Wildman–Crippen MR) is 92.3 cm³/mol. The highest BCUT2D eigenvalue weighted by molar-refractivity contribution is 5.85. The van der Waals surface area contributed by atoms with Gasteiger partial charge in [0.25, 0.3) is 0 Å². The van der Waals surface area contributed by atoms with Crippen molar-refractivity contribution in [1.29, 1.82) is 0 Å². The normalized spacial score (nSPS) is 17.1. The van der Waals surface area contributed by atoms with Gasteiger partial charge in [-0.25, -0.2) is 0 Å². The van der Waals surface area contributed by atoms with Gasteiger partial charge in [-0.2, -0.15) is 0 Å². The molecule has 2 rings (SSSR count). The van der Waals surface area contributed by atoms with Crippen LogP contribution < -0.4 is 11.1 Å². The number of rotatable bonds is 8. The number of benzene rings is 1. The summed E-state index contributed by atoms with van der Waals surface area (Å²) in [7, 11) is 0. The molecule has 6 heteroatoms. The van der Waals surface area contributed by atoms with Crippen LogP contribution >= 0.6 is 0 Å². The molecule has 2 unspecified atom stereocenters. The zero-order valence-electron chi connectivity index (χ0n) is 13.8. The van der Waals surface area contributed by atoms with Crippen molar-refractivity contribution in [3.05, 3.63) is 48.6 Å². The largest absolute Gasteiger partial charge is 0.378 e. The van der Waals surface area contributed by atoms with Crippen LogP contribution in [-0.4, -0.2) is 55.1 Å². The highest BCUT2D eigenvalue weighted by atomic mass is 16.5. The fourth-order valence-corrected chi connectivity index (χ4v) is 2.75. The fourth-order valence-electron chi connectivity index (χ4n) is 2.75. The number of nitrogens with two attached hydrogens (primary N) is 1. The molecule has 1 aliphatic rings. The Morgan fingerprint density at radius 1 is 1.25 bits per heavy atom. The lowest BCUT2D eigenvalue weighted by molar-refractivity contribution is -0.138. The average molecular weight is 331 g/mol. The Balaban J connectivity index is 2.14. The first-order chi connectivity index (χ1) is 11.6. The minimum Gasteiger partial charge on any atom is -0.378 e. The maximum absolute atomic E-state index is 12.9. The molecule has 2 atom stereocenters. The number of morpholine rings is 1. The van der Waals surface area contributed by atoms with Gasteiger partial charge in [0.15, 0.2) is 0 Å². The van der Waals surface area contributed by atoms with Gasteiger partial charge in [0.05, 0.1) is 25.3 Å². The minimum absolute atomic E-state index is 0.0301. The number of hydrogen-bond acceptors (Lipinski definition) is 4. The number of primary amides is 1. The molecular weight excluding hydrogens is 306 g/mol. The molecule has 24 heavy (non-hydrogen) atoms. The van der Waals surface area contributed by atoms with Gasteiger partial charge in [-0.15, -0.1) is 6.58 Å². The highest BCUT2D eigenvalue weighted by Gasteiger charge is 2.29. The molecule has 1 saturated heterocycles. The molecule has 0 spiro atoms. The van der Waals surface area contributed by atoms with Crippen LogP contribution in [0.4, 0.5) is 0 Å². The molecule has 0 aliphatic carbocycles. The second kappa shape index (κ2) is 9.20. The number of carbonyl (C=O) groups is 2. The summed E-state index contributed by atoms with van der Waals surface area (Å²) in [6.45, 7) is 5.85. The van der Waals surface area contributed by atoms with Crippen molar-refractivity contribution >= 4 is 11.8 Å². The number of hydrogen-bond donors (Lipinski definition) is 2. The summed E-state index contributed by atoms with van der Waals surface area (Å²) in [4.78, 5) is 26.3. The predicted octanol–water partition coefficient (Wildman–Crippen LogP) is 0.476. The van der Waals surface area contributed by atoms with E-state index in [1.54, 1.807) is 11.0 Å². The number of nitrogens with one attached hydrogen (secondary N) is 1. The monoisotopic (exact) mass is 331 g/mol. The maximum Gasteiger partial charge on any atom is 0.240 e. The summed E-state index contributed by atoms with van der Waals surface area (Å²) < 4.78 is 5.30. The van der Waals surface area contributed by atoms with Gasteiger partial charge >= 0.3 is 0 Å². The van der Waals surface area contributed by atoms with Crippen LogP contribution in [0.15, 0.2) is 43.0 Å². The van der Waals surface area contributed by atoms with Crippen LogP contribution in [0.1, 0.15) is 12.0 Å².